The smallest absolute Gasteiger partial charge is 0.267 e. The van der Waals surface area contributed by atoms with E-state index >= 15 is 0 Å². The van der Waals surface area contributed by atoms with Crippen molar-refractivity contribution in [3.05, 3.63) is 70.4 Å². The molecule has 0 aliphatic heterocycles. The van der Waals surface area contributed by atoms with E-state index in [0.717, 1.165) is 53.7 Å². The minimum absolute atomic E-state index is 0.0680. The highest BCUT2D eigenvalue weighted by molar-refractivity contribution is 5.90. The first kappa shape index (κ1) is 19.4. The van der Waals surface area contributed by atoms with E-state index in [-0.39, 0.29) is 11.6 Å². The van der Waals surface area contributed by atoms with E-state index in [0.29, 0.717) is 11.9 Å². The molecular weight excluding hydrogens is 390 g/mol. The van der Waals surface area contributed by atoms with Crippen LogP contribution in [0.25, 0.3) is 16.6 Å². The van der Waals surface area contributed by atoms with Crippen LogP contribution in [0.1, 0.15) is 43.1 Å². The van der Waals surface area contributed by atoms with Crippen LogP contribution in [0, 0.1) is 13.8 Å². The van der Waals surface area contributed by atoms with Crippen molar-refractivity contribution in [3.63, 3.8) is 0 Å². The lowest BCUT2D eigenvalue weighted by atomic mass is 9.91. The average molecular weight is 416 g/mol. The van der Waals surface area contributed by atoms with Crippen LogP contribution in [0.4, 0.5) is 5.82 Å². The van der Waals surface area contributed by atoms with Crippen molar-refractivity contribution in [2.75, 3.05) is 5.32 Å². The van der Waals surface area contributed by atoms with Gasteiger partial charge in [0.05, 0.1) is 17.9 Å². The van der Waals surface area contributed by atoms with E-state index < -0.39 is 0 Å². The fourth-order valence-corrected chi connectivity index (χ4v) is 4.44. The second kappa shape index (κ2) is 7.94. The summed E-state index contributed by atoms with van der Waals surface area (Å²) in [7, 11) is 0. The SMILES string of the molecule is Cc1cc(C)n(-c2ccc(=O)n(C3CCC(Nc4nncc5ccccc45)CC3)n2)n1. The number of hydrogen-bond donors (Lipinski definition) is 1. The zero-order chi connectivity index (χ0) is 21.4. The molecule has 1 aliphatic carbocycles. The van der Waals surface area contributed by atoms with Gasteiger partial charge in [-0.25, -0.2) is 9.36 Å². The molecule has 8 heteroatoms. The molecule has 0 unspecified atom stereocenters. The summed E-state index contributed by atoms with van der Waals surface area (Å²) in [5, 5.41) is 23.3. The van der Waals surface area contributed by atoms with Gasteiger partial charge in [0.1, 0.15) is 0 Å². The molecule has 0 bridgehead atoms. The lowest BCUT2D eigenvalue weighted by Crippen LogP contribution is -2.34. The van der Waals surface area contributed by atoms with Gasteiger partial charge in [-0.3, -0.25) is 4.79 Å². The second-order valence-electron chi connectivity index (χ2n) is 8.24. The Morgan fingerprint density at radius 1 is 1.00 bits per heavy atom. The average Bonchev–Trinajstić information content (AvgIpc) is 3.13. The number of aromatic nitrogens is 6. The molecular formula is C23H25N7O. The third kappa shape index (κ3) is 3.81. The van der Waals surface area contributed by atoms with Crippen LogP contribution in [-0.2, 0) is 0 Å². The van der Waals surface area contributed by atoms with Gasteiger partial charge in [-0.2, -0.15) is 10.2 Å². The molecule has 1 aliphatic rings. The molecule has 1 aromatic carbocycles. The summed E-state index contributed by atoms with van der Waals surface area (Å²) in [6.07, 6.45) is 5.42. The number of hydrogen-bond acceptors (Lipinski definition) is 6. The van der Waals surface area contributed by atoms with E-state index in [4.69, 9.17) is 0 Å². The molecule has 1 saturated carbocycles. The zero-order valence-corrected chi connectivity index (χ0v) is 17.7. The van der Waals surface area contributed by atoms with Crippen molar-refractivity contribution in [3.8, 4) is 5.82 Å². The van der Waals surface area contributed by atoms with Gasteiger partial charge < -0.3 is 5.32 Å². The second-order valence-corrected chi connectivity index (χ2v) is 8.24. The van der Waals surface area contributed by atoms with Crippen LogP contribution in [0.15, 0.2) is 53.5 Å². The standard InChI is InChI=1S/C23H25N7O/c1-15-13-16(2)29(27-15)21-11-12-22(31)30(28-21)19-9-7-18(8-10-19)25-23-20-6-4-3-5-17(20)14-24-26-23/h3-6,11-14,18-19H,7-10H2,1-2H3,(H,25,26). The number of nitrogens with one attached hydrogen (secondary N) is 1. The van der Waals surface area contributed by atoms with Crippen molar-refractivity contribution in [1.82, 2.24) is 29.8 Å². The summed E-state index contributed by atoms with van der Waals surface area (Å²) in [4.78, 5) is 12.5. The Morgan fingerprint density at radius 3 is 2.58 bits per heavy atom. The normalized spacial score (nSPS) is 18.9. The quantitative estimate of drug-likeness (QED) is 0.548. The Balaban J connectivity index is 1.32. The first-order chi connectivity index (χ1) is 15.1. The maximum Gasteiger partial charge on any atom is 0.267 e. The minimum atomic E-state index is -0.0680. The molecule has 8 nitrogen and oxygen atoms in total. The predicted octanol–water partition coefficient (Wildman–Crippen LogP) is 3.58. The molecule has 0 radical (unpaired) electrons. The fraction of sp³-hybridized carbons (Fsp3) is 0.348. The van der Waals surface area contributed by atoms with Crippen LogP contribution in [-0.4, -0.2) is 35.8 Å². The number of rotatable bonds is 4. The van der Waals surface area contributed by atoms with Crippen molar-refractivity contribution in [2.45, 2.75) is 51.6 Å². The number of nitrogens with zero attached hydrogens (tertiary/aromatic N) is 6. The monoisotopic (exact) mass is 415 g/mol. The molecule has 0 saturated heterocycles. The lowest BCUT2D eigenvalue weighted by molar-refractivity contribution is 0.302. The van der Waals surface area contributed by atoms with E-state index in [2.05, 4.69) is 31.8 Å². The van der Waals surface area contributed by atoms with Crippen molar-refractivity contribution < 1.29 is 0 Å². The van der Waals surface area contributed by atoms with Crippen molar-refractivity contribution >= 4 is 16.6 Å². The van der Waals surface area contributed by atoms with Gasteiger partial charge >= 0.3 is 0 Å². The number of anilines is 1. The molecule has 3 aromatic heterocycles. The molecule has 0 amide bonds. The van der Waals surface area contributed by atoms with Gasteiger partial charge in [-0.05, 0) is 51.7 Å². The molecule has 0 atom stereocenters. The van der Waals surface area contributed by atoms with Crippen LogP contribution in [0.5, 0.6) is 0 Å². The first-order valence-electron chi connectivity index (χ1n) is 10.7. The summed E-state index contributed by atoms with van der Waals surface area (Å²) >= 11 is 0. The largest absolute Gasteiger partial charge is 0.365 e. The highest BCUT2D eigenvalue weighted by atomic mass is 16.1. The number of aryl methyl sites for hydroxylation is 2. The Morgan fingerprint density at radius 2 is 1.81 bits per heavy atom. The zero-order valence-electron chi connectivity index (χ0n) is 17.7. The van der Waals surface area contributed by atoms with E-state index in [9.17, 15) is 4.79 Å². The first-order valence-corrected chi connectivity index (χ1v) is 10.7. The molecule has 1 N–H and O–H groups in total. The molecule has 3 heterocycles. The van der Waals surface area contributed by atoms with Crippen LogP contribution in [0.3, 0.4) is 0 Å². The molecule has 31 heavy (non-hydrogen) atoms. The highest BCUT2D eigenvalue weighted by Crippen LogP contribution is 2.30. The van der Waals surface area contributed by atoms with Crippen molar-refractivity contribution in [1.29, 1.82) is 0 Å². The van der Waals surface area contributed by atoms with Gasteiger partial charge in [0, 0.05) is 28.6 Å². The molecule has 158 valence electrons. The highest BCUT2D eigenvalue weighted by Gasteiger charge is 2.25. The molecule has 0 spiro atoms. The van der Waals surface area contributed by atoms with Crippen LogP contribution in [0.2, 0.25) is 0 Å². The Bertz CT molecular complexity index is 1280. The van der Waals surface area contributed by atoms with E-state index in [1.165, 1.54) is 0 Å². The topological polar surface area (TPSA) is 90.5 Å². The van der Waals surface area contributed by atoms with Crippen LogP contribution >= 0.6 is 0 Å². The van der Waals surface area contributed by atoms with Crippen LogP contribution < -0.4 is 10.9 Å². The Labute approximate surface area is 179 Å². The van der Waals surface area contributed by atoms with E-state index in [1.54, 1.807) is 27.7 Å². The van der Waals surface area contributed by atoms with Gasteiger partial charge in [-0.1, -0.05) is 24.3 Å². The van der Waals surface area contributed by atoms with Gasteiger partial charge in [0.2, 0.25) is 0 Å². The molecule has 4 aromatic rings. The third-order valence-corrected chi connectivity index (χ3v) is 5.99. The summed E-state index contributed by atoms with van der Waals surface area (Å²) in [5.74, 6) is 1.50. The predicted molar refractivity (Wildman–Crippen MR) is 120 cm³/mol. The van der Waals surface area contributed by atoms with Gasteiger partial charge in [0.15, 0.2) is 11.6 Å². The third-order valence-electron chi connectivity index (χ3n) is 5.99. The summed E-state index contributed by atoms with van der Waals surface area (Å²) < 4.78 is 3.43. The van der Waals surface area contributed by atoms with E-state index in [1.807, 2.05) is 38.1 Å². The maximum absolute atomic E-state index is 12.5. The lowest BCUT2D eigenvalue weighted by Gasteiger charge is -2.30. The van der Waals surface area contributed by atoms with Crippen molar-refractivity contribution in [2.24, 2.45) is 0 Å². The summed E-state index contributed by atoms with van der Waals surface area (Å²) in [6.45, 7) is 3.94. The minimum Gasteiger partial charge on any atom is -0.365 e. The molecule has 1 fully saturated rings. The Kier molecular flexibility index (Phi) is 4.97. The molecule has 5 rings (SSSR count). The summed E-state index contributed by atoms with van der Waals surface area (Å²) in [6, 6.07) is 13.8. The van der Waals surface area contributed by atoms with Gasteiger partial charge in [-0.15, -0.1) is 10.2 Å². The number of fused-ring (bicyclic) bond motifs is 1. The Hall–Kier alpha value is -3.55. The maximum atomic E-state index is 12.5. The summed E-state index contributed by atoms with van der Waals surface area (Å²) in [5.41, 5.74) is 1.86. The fourth-order valence-electron chi connectivity index (χ4n) is 4.44. The van der Waals surface area contributed by atoms with Gasteiger partial charge in [0.25, 0.3) is 5.56 Å². The number of benzene rings is 1.